The van der Waals surface area contributed by atoms with Gasteiger partial charge in [-0.05, 0) is 69.8 Å². The van der Waals surface area contributed by atoms with E-state index in [1.807, 2.05) is 115 Å². The van der Waals surface area contributed by atoms with Crippen molar-refractivity contribution in [3.63, 3.8) is 0 Å². The number of hydrogen-bond donors (Lipinski definition) is 1. The van der Waals surface area contributed by atoms with Crippen LogP contribution in [0.25, 0.3) is 0 Å². The lowest BCUT2D eigenvalue weighted by Crippen LogP contribution is -2.74. The number of ether oxygens (including phenoxy) is 5. The van der Waals surface area contributed by atoms with Gasteiger partial charge in [0.1, 0.15) is 30.0 Å². The molecular weight excluding hydrogens is 919 g/mol. The van der Waals surface area contributed by atoms with Crippen molar-refractivity contribution >= 4 is 64.2 Å². The number of β-lactam (4-membered cyclic amide) rings is 1. The van der Waals surface area contributed by atoms with E-state index in [4.69, 9.17) is 23.7 Å². The minimum atomic E-state index is -1.52. The fourth-order valence-electron chi connectivity index (χ4n) is 8.26. The van der Waals surface area contributed by atoms with E-state index in [-0.39, 0.29) is 60.2 Å². The quantitative estimate of drug-likeness (QED) is 0.0341. The van der Waals surface area contributed by atoms with Gasteiger partial charge >= 0.3 is 18.0 Å². The number of nitrogens with one attached hydrogen (secondary N) is 1. The predicted octanol–water partition coefficient (Wildman–Crippen LogP) is 8.93. The highest BCUT2D eigenvalue weighted by Gasteiger charge is 2.59. The second-order valence-corrected chi connectivity index (χ2v) is 18.8. The van der Waals surface area contributed by atoms with E-state index in [0.29, 0.717) is 28.4 Å². The highest BCUT2D eigenvalue weighted by Crippen LogP contribution is 2.49. The molecule has 0 spiro atoms. The number of nitrogens with zero attached hydrogens (tertiary/aromatic N) is 2. The fourth-order valence-corrected chi connectivity index (χ4v) is 11.1. The molecule has 0 saturated carbocycles. The van der Waals surface area contributed by atoms with Crippen molar-refractivity contribution < 1.29 is 52.2 Å². The Hall–Kier alpha value is -7.37. The lowest BCUT2D eigenvalue weighted by molar-refractivity contribution is -0.147. The Morgan fingerprint density at radius 1 is 0.739 bits per heavy atom. The summed E-state index contributed by atoms with van der Waals surface area (Å²) < 4.78 is 43.1. The lowest BCUT2D eigenvalue weighted by Gasteiger charge is -2.50. The molecule has 1 saturated heterocycles. The number of thioether (sulfide) groups is 1. The second-order valence-electron chi connectivity index (χ2n) is 16.3. The molecule has 9 rings (SSSR count). The van der Waals surface area contributed by atoms with Gasteiger partial charge in [-0.1, -0.05) is 103 Å². The molecule has 6 aromatic rings. The summed E-state index contributed by atoms with van der Waals surface area (Å²) in [6.45, 7) is 2.51. The first kappa shape index (κ1) is 46.7. The first-order chi connectivity index (χ1) is 33.5. The Bertz CT molecular complexity index is 2820. The zero-order valence-corrected chi connectivity index (χ0v) is 39.0. The van der Waals surface area contributed by atoms with Crippen LogP contribution in [0.1, 0.15) is 42.2 Å². The van der Waals surface area contributed by atoms with Crippen LogP contribution in [-0.2, 0) is 52.9 Å². The molecule has 350 valence electrons. The molecule has 14 nitrogen and oxygen atoms in total. The Morgan fingerprint density at radius 2 is 1.30 bits per heavy atom. The van der Waals surface area contributed by atoms with Gasteiger partial charge < -0.3 is 33.6 Å². The van der Waals surface area contributed by atoms with Crippen molar-refractivity contribution in [1.82, 2.24) is 10.2 Å². The van der Waals surface area contributed by atoms with Crippen LogP contribution >= 0.6 is 11.8 Å². The summed E-state index contributed by atoms with van der Waals surface area (Å²) in [5.41, 5.74) is 5.47. The van der Waals surface area contributed by atoms with Gasteiger partial charge in [0, 0.05) is 42.2 Å². The number of benzene rings is 6. The Morgan fingerprint density at radius 3 is 1.87 bits per heavy atom. The molecule has 0 bridgehead atoms. The maximum Gasteiger partial charge on any atom is 0.419 e. The van der Waals surface area contributed by atoms with E-state index >= 15 is 0 Å². The van der Waals surface area contributed by atoms with Crippen LogP contribution in [0.4, 0.5) is 16.2 Å². The number of anilines is 2. The summed E-state index contributed by atoms with van der Waals surface area (Å²) in [5.74, 6) is -0.322. The number of carbonyl (C=O) groups excluding carboxylic acids is 5. The van der Waals surface area contributed by atoms with Crippen LogP contribution in [0.2, 0.25) is 0 Å². The fraction of sp³-hybridized carbons (Fsp3) is 0.189. The highest BCUT2D eigenvalue weighted by molar-refractivity contribution is 7.99. The molecule has 3 aliphatic heterocycles. The van der Waals surface area contributed by atoms with Gasteiger partial charge in [-0.2, -0.15) is 0 Å². The Labute approximate surface area is 405 Å². The first-order valence-electron chi connectivity index (χ1n) is 22.0. The summed E-state index contributed by atoms with van der Waals surface area (Å²) >= 11 is -0.0187. The van der Waals surface area contributed by atoms with Crippen molar-refractivity contribution in [2.24, 2.45) is 0 Å². The molecule has 3 amide bonds. The maximum absolute atomic E-state index is 14.0. The van der Waals surface area contributed by atoms with Crippen molar-refractivity contribution in [2.45, 2.75) is 49.3 Å². The smallest absolute Gasteiger partial charge is 0.419 e. The third-order valence-corrected chi connectivity index (χ3v) is 14.2. The molecular formula is C53H45N3O11S2. The largest absolute Gasteiger partial charge is 0.614 e. The summed E-state index contributed by atoms with van der Waals surface area (Å²) in [4.78, 5) is 68.1. The van der Waals surface area contributed by atoms with Gasteiger partial charge in [0.25, 0.3) is 5.91 Å². The normalized spacial score (nSPS) is 16.9. The topological polar surface area (TPSA) is 173 Å². The maximum atomic E-state index is 14.0. The number of amides is 3. The van der Waals surface area contributed by atoms with Crippen LogP contribution in [-0.4, -0.2) is 68.8 Å². The van der Waals surface area contributed by atoms with Crippen molar-refractivity contribution in [1.29, 1.82) is 0 Å². The summed E-state index contributed by atoms with van der Waals surface area (Å²) in [6, 6.07) is 44.6. The standard InChI is InChI=1S/C53H45N3O11S2/c1-33(57)65-40-20-24-43-46(27-40)67-47-28-41(66-34(2)58)21-25-44(47)55(43)53(61)64-29-36-18-22-42(23-19-36)68-31-39-32-69(62)52-49(54-48(59)26-35-12-6-3-7-13-35)51(60)56(52)45(39)30-63-50(37-14-8-4-9-15-37)38-16-10-5-11-17-38/h3-25,27-28,49-50,52H,26,29-32H2,1-2H3,(H,54,59)/t49-,52-,69?/m1/s1. The average Bonchev–Trinajstić information content (AvgIpc) is 3.34. The lowest BCUT2D eigenvalue weighted by atomic mass is 10.0. The average molecular weight is 964 g/mol. The molecule has 3 heterocycles. The van der Waals surface area contributed by atoms with Crippen LogP contribution in [0, 0.1) is 0 Å². The molecule has 3 atom stereocenters. The van der Waals surface area contributed by atoms with Crippen LogP contribution in [0.5, 0.6) is 23.0 Å². The third-order valence-electron chi connectivity index (χ3n) is 11.4. The Kier molecular flexibility index (Phi) is 14.1. The number of esters is 2. The number of carbonyl (C=O) groups is 5. The first-order valence-corrected chi connectivity index (χ1v) is 24.3. The molecule has 3 aliphatic rings. The van der Waals surface area contributed by atoms with Crippen LogP contribution < -0.4 is 24.4 Å². The molecule has 0 radical (unpaired) electrons. The zero-order chi connectivity index (χ0) is 48.0. The summed E-state index contributed by atoms with van der Waals surface area (Å²) in [6.07, 6.45) is -1.08. The molecule has 1 N–H and O–H groups in total. The SMILES string of the molecule is CC(=O)Oc1ccc2c(c1)Oc1cc(OC(C)=O)ccc1N2C(=O)OCc1ccc(SCC2=C(COC(c3ccccc3)c3ccccc3)N3C(=O)[C@@H](NC(=O)Cc4ccccc4)[C@H]3[S+]([O-])C2)cc1. The molecule has 69 heavy (non-hydrogen) atoms. The van der Waals surface area contributed by atoms with Gasteiger partial charge in [0.15, 0.2) is 17.5 Å². The number of fused-ring (bicyclic) bond motifs is 3. The molecule has 1 unspecified atom stereocenters. The monoisotopic (exact) mass is 963 g/mol. The van der Waals surface area contributed by atoms with E-state index in [9.17, 15) is 28.5 Å². The Balaban J connectivity index is 0.910. The molecule has 6 aromatic carbocycles. The van der Waals surface area contributed by atoms with Crippen LogP contribution in [0.3, 0.4) is 0 Å². The van der Waals surface area contributed by atoms with E-state index in [1.54, 1.807) is 17.0 Å². The van der Waals surface area contributed by atoms with E-state index in [2.05, 4.69) is 5.32 Å². The van der Waals surface area contributed by atoms with Gasteiger partial charge in [0.05, 0.1) is 30.1 Å². The zero-order valence-electron chi connectivity index (χ0n) is 37.4. The molecule has 0 aliphatic carbocycles. The minimum absolute atomic E-state index is 0.0532. The van der Waals surface area contributed by atoms with E-state index in [1.165, 1.54) is 54.8 Å². The van der Waals surface area contributed by atoms with E-state index in [0.717, 1.165) is 27.2 Å². The minimum Gasteiger partial charge on any atom is -0.614 e. The number of rotatable bonds is 15. The third kappa shape index (κ3) is 10.7. The molecule has 0 aromatic heterocycles. The van der Waals surface area contributed by atoms with Gasteiger partial charge in [-0.3, -0.25) is 24.1 Å². The van der Waals surface area contributed by atoms with Gasteiger partial charge in [-0.15, -0.1) is 11.8 Å². The number of hydrogen-bond acceptors (Lipinski definition) is 12. The molecule has 1 fully saturated rings. The van der Waals surface area contributed by atoms with E-state index < -0.39 is 46.7 Å². The predicted molar refractivity (Wildman–Crippen MR) is 258 cm³/mol. The van der Waals surface area contributed by atoms with Gasteiger partial charge in [0.2, 0.25) is 11.3 Å². The highest BCUT2D eigenvalue weighted by atomic mass is 32.2. The van der Waals surface area contributed by atoms with Crippen molar-refractivity contribution in [3.05, 3.63) is 185 Å². The van der Waals surface area contributed by atoms with Gasteiger partial charge in [-0.25, -0.2) is 9.69 Å². The van der Waals surface area contributed by atoms with Crippen molar-refractivity contribution in [2.75, 3.05) is 23.0 Å². The second kappa shape index (κ2) is 20.9. The van der Waals surface area contributed by atoms with Crippen molar-refractivity contribution in [3.8, 4) is 23.0 Å². The molecule has 16 heteroatoms. The summed E-state index contributed by atoms with van der Waals surface area (Å²) in [7, 11) is 0. The van der Waals surface area contributed by atoms with Crippen LogP contribution in [0.15, 0.2) is 168 Å². The summed E-state index contributed by atoms with van der Waals surface area (Å²) in [5, 5.41) is 2.12.